The Labute approximate surface area is 182 Å². The normalized spacial score (nSPS) is 14.4. The third kappa shape index (κ3) is 6.42. The summed E-state index contributed by atoms with van der Waals surface area (Å²) in [7, 11) is 1.72. The summed E-state index contributed by atoms with van der Waals surface area (Å²) in [6, 6.07) is 4.68. The van der Waals surface area contributed by atoms with E-state index in [1.54, 1.807) is 29.1 Å². The van der Waals surface area contributed by atoms with Crippen LogP contribution in [-0.2, 0) is 16.1 Å². The molecule has 1 aromatic carbocycles. The molecule has 1 aliphatic carbocycles. The van der Waals surface area contributed by atoms with Crippen molar-refractivity contribution < 1.29 is 14.0 Å². The van der Waals surface area contributed by atoms with Crippen LogP contribution in [0.4, 0.5) is 4.39 Å². The number of hydrazine groups is 1. The monoisotopic (exact) mass is 439 g/mol. The van der Waals surface area contributed by atoms with Crippen LogP contribution in [0.15, 0.2) is 30.0 Å². The van der Waals surface area contributed by atoms with Crippen LogP contribution >= 0.6 is 11.6 Å². The fraction of sp³-hybridized carbons (Fsp3) is 0.524. The Morgan fingerprint density at radius 2 is 2.00 bits per heavy atom. The Morgan fingerprint density at radius 1 is 1.33 bits per heavy atom. The molecule has 0 bridgehead atoms. The van der Waals surface area contributed by atoms with Gasteiger partial charge in [-0.3, -0.25) is 9.59 Å². The van der Waals surface area contributed by atoms with Gasteiger partial charge >= 0.3 is 0 Å². The Balaban J connectivity index is 2.00. The number of halogens is 2. The number of carbonyl (C=O) groups excluding carboxylic acids is 2. The molecule has 7 nitrogen and oxygen atoms in total. The number of benzene rings is 1. The molecule has 1 fully saturated rings. The van der Waals surface area contributed by atoms with E-state index in [1.807, 2.05) is 26.8 Å². The van der Waals surface area contributed by atoms with Crippen molar-refractivity contribution in [3.8, 4) is 0 Å². The van der Waals surface area contributed by atoms with Crippen molar-refractivity contribution >= 4 is 23.4 Å². The SMILES string of the molecule is C/C=C(/N(CC(=O)N(CC(=O)NCc1cccc(Cl)c1F)C1CC1)NC)C(C)(C)N. The molecule has 0 aliphatic heterocycles. The number of carbonyl (C=O) groups is 2. The molecule has 0 aromatic heterocycles. The van der Waals surface area contributed by atoms with Gasteiger partial charge < -0.3 is 21.0 Å². The number of hydrogen-bond acceptors (Lipinski definition) is 5. The van der Waals surface area contributed by atoms with Crippen molar-refractivity contribution in [2.75, 3.05) is 20.1 Å². The molecule has 0 unspecified atom stereocenters. The third-order valence-electron chi connectivity index (χ3n) is 4.92. The highest BCUT2D eigenvalue weighted by molar-refractivity contribution is 6.30. The number of amides is 2. The molecular weight excluding hydrogens is 409 g/mol. The van der Waals surface area contributed by atoms with Crippen LogP contribution in [-0.4, -0.2) is 53.4 Å². The number of nitrogens with two attached hydrogens (primary N) is 1. The topological polar surface area (TPSA) is 90.7 Å². The van der Waals surface area contributed by atoms with Crippen molar-refractivity contribution in [2.45, 2.75) is 51.7 Å². The minimum atomic E-state index is -0.638. The van der Waals surface area contributed by atoms with Gasteiger partial charge in [-0.15, -0.1) is 0 Å². The zero-order chi connectivity index (χ0) is 22.5. The Bertz CT molecular complexity index is 805. The summed E-state index contributed by atoms with van der Waals surface area (Å²) in [4.78, 5) is 27.0. The maximum atomic E-state index is 14.0. The number of nitrogens with zero attached hydrogens (tertiary/aromatic N) is 2. The third-order valence-corrected chi connectivity index (χ3v) is 5.21. The Morgan fingerprint density at radius 3 is 2.53 bits per heavy atom. The number of nitrogens with one attached hydrogen (secondary N) is 2. The quantitative estimate of drug-likeness (QED) is 0.486. The Kier molecular flexibility index (Phi) is 8.23. The average molecular weight is 440 g/mol. The van der Waals surface area contributed by atoms with Crippen molar-refractivity contribution in [1.29, 1.82) is 0 Å². The number of hydrogen-bond donors (Lipinski definition) is 3. The van der Waals surface area contributed by atoms with E-state index < -0.39 is 11.4 Å². The molecule has 1 aliphatic rings. The summed E-state index contributed by atoms with van der Waals surface area (Å²) in [6.07, 6.45) is 3.58. The molecule has 2 rings (SSSR count). The van der Waals surface area contributed by atoms with E-state index in [0.717, 1.165) is 18.5 Å². The molecule has 0 radical (unpaired) electrons. The van der Waals surface area contributed by atoms with Gasteiger partial charge in [0.05, 0.1) is 17.1 Å². The summed E-state index contributed by atoms with van der Waals surface area (Å²) in [5.41, 5.74) is 9.64. The van der Waals surface area contributed by atoms with Gasteiger partial charge in [-0.05, 0) is 39.7 Å². The van der Waals surface area contributed by atoms with Crippen LogP contribution in [0.25, 0.3) is 0 Å². The smallest absolute Gasteiger partial charge is 0.244 e. The summed E-state index contributed by atoms with van der Waals surface area (Å²) < 4.78 is 14.0. The van der Waals surface area contributed by atoms with Crippen molar-refractivity contribution in [3.05, 3.63) is 46.4 Å². The second-order valence-electron chi connectivity index (χ2n) is 7.95. The maximum Gasteiger partial charge on any atom is 0.244 e. The fourth-order valence-electron chi connectivity index (χ4n) is 3.28. The molecule has 1 aromatic rings. The van der Waals surface area contributed by atoms with E-state index in [4.69, 9.17) is 17.3 Å². The minimum Gasteiger partial charge on any atom is -0.350 e. The predicted molar refractivity (Wildman–Crippen MR) is 116 cm³/mol. The molecule has 1 saturated carbocycles. The molecular formula is C21H31ClFN5O2. The zero-order valence-corrected chi connectivity index (χ0v) is 18.7. The van der Waals surface area contributed by atoms with Crippen LogP contribution in [0, 0.1) is 5.82 Å². The molecule has 0 spiro atoms. The summed E-state index contributed by atoms with van der Waals surface area (Å²) in [5, 5.41) is 4.37. The second-order valence-corrected chi connectivity index (χ2v) is 8.36. The predicted octanol–water partition coefficient (Wildman–Crippen LogP) is 2.16. The van der Waals surface area contributed by atoms with Crippen molar-refractivity contribution in [1.82, 2.24) is 20.7 Å². The van der Waals surface area contributed by atoms with Gasteiger partial charge in [-0.1, -0.05) is 29.8 Å². The first-order valence-electron chi connectivity index (χ1n) is 9.98. The van der Waals surface area contributed by atoms with Crippen LogP contribution in [0.3, 0.4) is 0 Å². The van der Waals surface area contributed by atoms with E-state index in [0.29, 0.717) is 5.56 Å². The lowest BCUT2D eigenvalue weighted by atomic mass is 10.0. The lowest BCUT2D eigenvalue weighted by molar-refractivity contribution is -0.137. The molecule has 166 valence electrons. The first-order chi connectivity index (χ1) is 14.1. The highest BCUT2D eigenvalue weighted by atomic mass is 35.5. The van der Waals surface area contributed by atoms with Crippen molar-refractivity contribution in [3.63, 3.8) is 0 Å². The van der Waals surface area contributed by atoms with Gasteiger partial charge in [-0.2, -0.15) is 0 Å². The van der Waals surface area contributed by atoms with E-state index in [9.17, 15) is 14.0 Å². The lowest BCUT2D eigenvalue weighted by Gasteiger charge is -2.35. The molecule has 0 atom stereocenters. The van der Waals surface area contributed by atoms with E-state index in [-0.39, 0.29) is 42.5 Å². The van der Waals surface area contributed by atoms with Gasteiger partial charge in [0.25, 0.3) is 0 Å². The second kappa shape index (κ2) is 10.2. The molecule has 2 amide bonds. The Hall–Kier alpha value is -2.16. The van der Waals surface area contributed by atoms with Gasteiger partial charge in [-0.25, -0.2) is 9.82 Å². The van der Waals surface area contributed by atoms with E-state index >= 15 is 0 Å². The highest BCUT2D eigenvalue weighted by Gasteiger charge is 2.35. The standard InChI is InChI=1S/C21H31ClFN5O2/c1-5-17(21(2,3)24)28(25-4)13-19(30)27(15-9-10-15)12-18(29)26-11-14-7-6-8-16(22)20(14)23/h5-8,15,25H,9-13,24H2,1-4H3,(H,26,29)/b17-5+. The molecule has 4 N–H and O–H groups in total. The molecule has 30 heavy (non-hydrogen) atoms. The highest BCUT2D eigenvalue weighted by Crippen LogP contribution is 2.27. The largest absolute Gasteiger partial charge is 0.350 e. The fourth-order valence-corrected chi connectivity index (χ4v) is 3.48. The summed E-state index contributed by atoms with van der Waals surface area (Å²) >= 11 is 5.77. The first kappa shape index (κ1) is 24.1. The van der Waals surface area contributed by atoms with Gasteiger partial charge in [0.2, 0.25) is 11.8 Å². The summed E-state index contributed by atoms with van der Waals surface area (Å²) in [6.45, 7) is 5.55. The maximum absolute atomic E-state index is 14.0. The average Bonchev–Trinajstić information content (AvgIpc) is 3.50. The zero-order valence-electron chi connectivity index (χ0n) is 18.0. The minimum absolute atomic E-state index is 0.00461. The van der Waals surface area contributed by atoms with Gasteiger partial charge in [0.15, 0.2) is 0 Å². The molecule has 9 heteroatoms. The molecule has 0 saturated heterocycles. The van der Waals surface area contributed by atoms with E-state index in [2.05, 4.69) is 10.7 Å². The lowest BCUT2D eigenvalue weighted by Crippen LogP contribution is -2.52. The van der Waals surface area contributed by atoms with Crippen LogP contribution < -0.4 is 16.5 Å². The summed E-state index contributed by atoms with van der Waals surface area (Å²) in [5.74, 6) is -1.09. The van der Waals surface area contributed by atoms with Crippen molar-refractivity contribution in [2.24, 2.45) is 5.73 Å². The van der Waals surface area contributed by atoms with Gasteiger partial charge in [0, 0.05) is 30.9 Å². The van der Waals surface area contributed by atoms with E-state index in [1.165, 1.54) is 6.07 Å². The first-order valence-corrected chi connectivity index (χ1v) is 10.4. The van der Waals surface area contributed by atoms with Crippen LogP contribution in [0.1, 0.15) is 39.2 Å². The molecule has 0 heterocycles. The van der Waals surface area contributed by atoms with Crippen LogP contribution in [0.2, 0.25) is 5.02 Å². The van der Waals surface area contributed by atoms with Gasteiger partial charge in [0.1, 0.15) is 12.4 Å². The number of rotatable bonds is 10. The van der Waals surface area contributed by atoms with Crippen LogP contribution in [0.5, 0.6) is 0 Å². The number of allylic oxidation sites excluding steroid dienone is 1.